The summed E-state index contributed by atoms with van der Waals surface area (Å²) in [5.41, 5.74) is -0.912. The van der Waals surface area contributed by atoms with E-state index < -0.39 is 29.4 Å². The molecule has 1 unspecified atom stereocenters. The van der Waals surface area contributed by atoms with Gasteiger partial charge in [0.2, 0.25) is 0 Å². The summed E-state index contributed by atoms with van der Waals surface area (Å²) in [7, 11) is 0. The molecule has 17 heavy (non-hydrogen) atoms. The monoisotopic (exact) mass is 248 g/mol. The lowest BCUT2D eigenvalue weighted by atomic mass is 9.95. The molecule has 1 aromatic rings. The van der Waals surface area contributed by atoms with Crippen molar-refractivity contribution in [3.8, 4) is 5.75 Å². The first-order valence-electron chi connectivity index (χ1n) is 4.83. The highest BCUT2D eigenvalue weighted by Gasteiger charge is 2.34. The molecule has 3 nitrogen and oxygen atoms in total. The van der Waals surface area contributed by atoms with Gasteiger partial charge in [0.15, 0.2) is 0 Å². The lowest BCUT2D eigenvalue weighted by molar-refractivity contribution is -0.139. The number of phenolic OH excluding ortho intramolecular Hbond substituents is 1. The smallest absolute Gasteiger partial charge is 0.419 e. The molecule has 0 spiro atoms. The Morgan fingerprint density at radius 3 is 2.47 bits per heavy atom. The van der Waals surface area contributed by atoms with Gasteiger partial charge in [-0.1, -0.05) is 13.0 Å². The van der Waals surface area contributed by atoms with E-state index in [0.717, 1.165) is 12.1 Å². The van der Waals surface area contributed by atoms with Crippen molar-refractivity contribution in [3.05, 3.63) is 29.3 Å². The maximum atomic E-state index is 12.5. The van der Waals surface area contributed by atoms with E-state index in [1.807, 2.05) is 0 Å². The van der Waals surface area contributed by atoms with Crippen LogP contribution < -0.4 is 0 Å². The van der Waals surface area contributed by atoms with Crippen molar-refractivity contribution in [1.82, 2.24) is 0 Å². The third-order valence-electron chi connectivity index (χ3n) is 2.38. The molecule has 0 aliphatic rings. The van der Waals surface area contributed by atoms with Crippen LogP contribution in [0.15, 0.2) is 18.2 Å². The van der Waals surface area contributed by atoms with Crippen molar-refractivity contribution in [2.24, 2.45) is 0 Å². The summed E-state index contributed by atoms with van der Waals surface area (Å²) in [5.74, 6) is -2.49. The summed E-state index contributed by atoms with van der Waals surface area (Å²) in [6, 6.07) is 3.00. The first-order chi connectivity index (χ1) is 7.71. The lowest BCUT2D eigenvalue weighted by Crippen LogP contribution is -2.08. The highest BCUT2D eigenvalue weighted by molar-refractivity contribution is 5.68. The summed E-state index contributed by atoms with van der Waals surface area (Å²) in [6.07, 6.45) is -4.91. The maximum absolute atomic E-state index is 12.5. The largest absolute Gasteiger partial charge is 0.507 e. The van der Waals surface area contributed by atoms with Gasteiger partial charge in [0, 0.05) is 0 Å². The summed E-state index contributed by atoms with van der Waals surface area (Å²) in [5, 5.41) is 17.7. The Balaban J connectivity index is 3.08. The van der Waals surface area contributed by atoms with Gasteiger partial charge in [0.05, 0.1) is 12.0 Å². The second-order valence-electron chi connectivity index (χ2n) is 3.77. The summed E-state index contributed by atoms with van der Waals surface area (Å²) in [6.45, 7) is 1.51. The van der Waals surface area contributed by atoms with E-state index in [0.29, 0.717) is 0 Å². The average molecular weight is 248 g/mol. The van der Waals surface area contributed by atoms with Crippen LogP contribution in [0, 0.1) is 0 Å². The van der Waals surface area contributed by atoms with Gasteiger partial charge in [0.25, 0.3) is 0 Å². The molecular formula is C11H11F3O3. The van der Waals surface area contributed by atoms with E-state index in [4.69, 9.17) is 10.2 Å². The van der Waals surface area contributed by atoms with Crippen molar-refractivity contribution in [3.63, 3.8) is 0 Å². The number of hydrogen-bond donors (Lipinski definition) is 2. The van der Waals surface area contributed by atoms with Crippen LogP contribution >= 0.6 is 0 Å². The van der Waals surface area contributed by atoms with Gasteiger partial charge < -0.3 is 10.2 Å². The number of phenols is 1. The predicted molar refractivity (Wildman–Crippen MR) is 53.8 cm³/mol. The zero-order valence-electron chi connectivity index (χ0n) is 8.95. The fourth-order valence-electron chi connectivity index (χ4n) is 1.47. The minimum atomic E-state index is -4.65. The minimum Gasteiger partial charge on any atom is -0.507 e. The zero-order chi connectivity index (χ0) is 13.2. The van der Waals surface area contributed by atoms with Crippen molar-refractivity contribution < 1.29 is 28.2 Å². The molecule has 0 saturated heterocycles. The maximum Gasteiger partial charge on any atom is 0.419 e. The SMILES string of the molecule is CC(CC(=O)O)c1ccc(O)c(C(F)(F)F)c1. The molecular weight excluding hydrogens is 237 g/mol. The molecule has 0 amide bonds. The molecule has 0 saturated carbocycles. The number of carbonyl (C=O) groups is 1. The van der Waals surface area contributed by atoms with Crippen molar-refractivity contribution in [2.45, 2.75) is 25.4 Å². The van der Waals surface area contributed by atoms with E-state index in [2.05, 4.69) is 0 Å². The van der Waals surface area contributed by atoms with Crippen LogP contribution in [-0.2, 0) is 11.0 Å². The van der Waals surface area contributed by atoms with E-state index in [9.17, 15) is 18.0 Å². The van der Waals surface area contributed by atoms with E-state index in [-0.39, 0.29) is 12.0 Å². The molecule has 0 radical (unpaired) electrons. The highest BCUT2D eigenvalue weighted by atomic mass is 19.4. The standard InChI is InChI=1S/C11H11F3O3/c1-6(4-10(16)17)7-2-3-9(15)8(5-7)11(12,13)14/h2-3,5-6,15H,4H2,1H3,(H,16,17). The Bertz CT molecular complexity index is 426. The van der Waals surface area contributed by atoms with E-state index in [1.54, 1.807) is 0 Å². The second-order valence-corrected chi connectivity index (χ2v) is 3.77. The molecule has 1 atom stereocenters. The van der Waals surface area contributed by atoms with Crippen LogP contribution in [0.5, 0.6) is 5.75 Å². The van der Waals surface area contributed by atoms with Crippen LogP contribution in [0.25, 0.3) is 0 Å². The first kappa shape index (κ1) is 13.3. The Morgan fingerprint density at radius 1 is 1.41 bits per heavy atom. The molecule has 6 heteroatoms. The molecule has 2 N–H and O–H groups in total. The summed E-state index contributed by atoms with van der Waals surface area (Å²) >= 11 is 0. The molecule has 0 fully saturated rings. The number of alkyl halides is 3. The van der Waals surface area contributed by atoms with Crippen LogP contribution in [0.2, 0.25) is 0 Å². The fraction of sp³-hybridized carbons (Fsp3) is 0.364. The third kappa shape index (κ3) is 3.37. The van der Waals surface area contributed by atoms with Gasteiger partial charge in [-0.25, -0.2) is 0 Å². The number of rotatable bonds is 3. The first-order valence-corrected chi connectivity index (χ1v) is 4.83. The third-order valence-corrected chi connectivity index (χ3v) is 2.38. The van der Waals surface area contributed by atoms with Crippen molar-refractivity contribution in [1.29, 1.82) is 0 Å². The Hall–Kier alpha value is -1.72. The quantitative estimate of drug-likeness (QED) is 0.864. The van der Waals surface area contributed by atoms with Crippen molar-refractivity contribution >= 4 is 5.97 Å². The van der Waals surface area contributed by atoms with Gasteiger partial charge >= 0.3 is 12.1 Å². The van der Waals surface area contributed by atoms with Gasteiger partial charge in [-0.15, -0.1) is 0 Å². The average Bonchev–Trinajstić information content (AvgIpc) is 2.15. The fourth-order valence-corrected chi connectivity index (χ4v) is 1.47. The predicted octanol–water partition coefficient (Wildman–Crippen LogP) is 2.99. The van der Waals surface area contributed by atoms with Crippen LogP contribution in [0.1, 0.15) is 30.4 Å². The van der Waals surface area contributed by atoms with Gasteiger partial charge in [-0.2, -0.15) is 13.2 Å². The van der Waals surface area contributed by atoms with Crippen LogP contribution in [0.4, 0.5) is 13.2 Å². The van der Waals surface area contributed by atoms with E-state index >= 15 is 0 Å². The number of carboxylic acids is 1. The highest BCUT2D eigenvalue weighted by Crippen LogP contribution is 2.37. The second kappa shape index (κ2) is 4.65. The topological polar surface area (TPSA) is 57.5 Å². The van der Waals surface area contributed by atoms with Crippen molar-refractivity contribution in [2.75, 3.05) is 0 Å². The Morgan fingerprint density at radius 2 is 2.00 bits per heavy atom. The normalized spacial score (nSPS) is 13.4. The molecule has 0 aliphatic heterocycles. The molecule has 1 rings (SSSR count). The zero-order valence-corrected chi connectivity index (χ0v) is 8.95. The number of aromatic hydroxyl groups is 1. The van der Waals surface area contributed by atoms with Gasteiger partial charge in [-0.05, 0) is 23.6 Å². The summed E-state index contributed by atoms with van der Waals surface area (Å²) < 4.78 is 37.4. The van der Waals surface area contributed by atoms with Gasteiger partial charge in [0.1, 0.15) is 5.75 Å². The van der Waals surface area contributed by atoms with Gasteiger partial charge in [-0.3, -0.25) is 4.79 Å². The Labute approximate surface area is 95.5 Å². The molecule has 0 bridgehead atoms. The molecule has 0 aromatic heterocycles. The molecule has 0 heterocycles. The number of benzene rings is 1. The molecule has 94 valence electrons. The number of hydrogen-bond acceptors (Lipinski definition) is 2. The number of halogens is 3. The number of aliphatic carboxylic acids is 1. The van der Waals surface area contributed by atoms with Crippen LogP contribution in [-0.4, -0.2) is 16.2 Å². The molecule has 0 aliphatic carbocycles. The Kier molecular flexibility index (Phi) is 3.65. The minimum absolute atomic E-state index is 0.234. The number of carboxylic acid groups (broad SMARTS) is 1. The van der Waals surface area contributed by atoms with Crippen LogP contribution in [0.3, 0.4) is 0 Å². The van der Waals surface area contributed by atoms with E-state index in [1.165, 1.54) is 13.0 Å². The summed E-state index contributed by atoms with van der Waals surface area (Å²) in [4.78, 5) is 10.5. The molecule has 1 aromatic carbocycles. The lowest BCUT2D eigenvalue weighted by Gasteiger charge is -2.14.